The van der Waals surface area contributed by atoms with Crippen LogP contribution in [0.15, 0.2) is 52.9 Å². The van der Waals surface area contributed by atoms with Crippen LogP contribution in [0.2, 0.25) is 0 Å². The summed E-state index contributed by atoms with van der Waals surface area (Å²) in [5, 5.41) is 1.92. The highest BCUT2D eigenvalue weighted by Crippen LogP contribution is 2.27. The van der Waals surface area contributed by atoms with Gasteiger partial charge in [0, 0.05) is 31.9 Å². The first-order chi connectivity index (χ1) is 14.0. The van der Waals surface area contributed by atoms with Gasteiger partial charge in [0.1, 0.15) is 10.6 Å². The summed E-state index contributed by atoms with van der Waals surface area (Å²) in [5.41, 5.74) is 2.04. The molecule has 2 fully saturated rings. The highest BCUT2D eigenvalue weighted by molar-refractivity contribution is 7.89. The van der Waals surface area contributed by atoms with E-state index < -0.39 is 10.0 Å². The highest BCUT2D eigenvalue weighted by Gasteiger charge is 2.28. The van der Waals surface area contributed by atoms with E-state index in [2.05, 4.69) is 26.7 Å². The van der Waals surface area contributed by atoms with E-state index in [0.717, 1.165) is 48.3 Å². The van der Waals surface area contributed by atoms with Gasteiger partial charge < -0.3 is 4.74 Å². The average Bonchev–Trinajstić information content (AvgIpc) is 3.21. The predicted octanol–water partition coefficient (Wildman–Crippen LogP) is 3.39. The Labute approximate surface area is 174 Å². The zero-order chi connectivity index (χ0) is 19.8. The van der Waals surface area contributed by atoms with Crippen molar-refractivity contribution in [2.45, 2.75) is 42.8 Å². The van der Waals surface area contributed by atoms with E-state index in [1.165, 1.54) is 23.1 Å². The summed E-state index contributed by atoms with van der Waals surface area (Å²) >= 11 is 1.50. The number of aromatic nitrogens is 1. The van der Waals surface area contributed by atoms with Crippen molar-refractivity contribution in [1.29, 1.82) is 0 Å². The first-order valence-corrected chi connectivity index (χ1v) is 12.2. The molecule has 1 aliphatic heterocycles. The molecule has 2 aromatic heterocycles. The molecule has 152 valence electrons. The van der Waals surface area contributed by atoms with Crippen molar-refractivity contribution >= 4 is 31.6 Å². The van der Waals surface area contributed by atoms with E-state index in [0.29, 0.717) is 12.6 Å². The number of hydrogen-bond donors (Lipinski definition) is 1. The van der Waals surface area contributed by atoms with Crippen LogP contribution in [0, 0.1) is 0 Å². The number of sulfonamides is 1. The number of thiophene rings is 1. The van der Waals surface area contributed by atoms with Crippen molar-refractivity contribution in [2.75, 3.05) is 13.1 Å². The Morgan fingerprint density at radius 3 is 2.79 bits per heavy atom. The predicted molar refractivity (Wildman–Crippen MR) is 114 cm³/mol. The Morgan fingerprint density at radius 2 is 2.00 bits per heavy atom. The van der Waals surface area contributed by atoms with E-state index in [-0.39, 0.29) is 10.9 Å². The molecule has 5 rings (SSSR count). The van der Waals surface area contributed by atoms with Crippen molar-refractivity contribution < 1.29 is 13.2 Å². The maximum atomic E-state index is 12.8. The SMILES string of the molecule is O=S(=O)(N[C@@H]1CCN(Cc2ccc(OC3CC3)cc2)C1)c1cnc2ccsc2c1. The highest BCUT2D eigenvalue weighted by atomic mass is 32.2. The van der Waals surface area contributed by atoms with Gasteiger partial charge in [-0.05, 0) is 54.5 Å². The van der Waals surface area contributed by atoms with Crippen LogP contribution < -0.4 is 9.46 Å². The van der Waals surface area contributed by atoms with Gasteiger partial charge in [0.2, 0.25) is 10.0 Å². The number of benzene rings is 1. The summed E-state index contributed by atoms with van der Waals surface area (Å²) in [7, 11) is -3.57. The Bertz CT molecular complexity index is 1110. The van der Waals surface area contributed by atoms with Crippen LogP contribution in [0.1, 0.15) is 24.8 Å². The lowest BCUT2D eigenvalue weighted by Gasteiger charge is -2.17. The summed E-state index contributed by atoms with van der Waals surface area (Å²) in [5.74, 6) is 0.930. The number of nitrogens with zero attached hydrogens (tertiary/aromatic N) is 2. The van der Waals surface area contributed by atoms with Crippen molar-refractivity contribution in [2.24, 2.45) is 0 Å². The molecule has 8 heteroatoms. The first-order valence-electron chi connectivity index (χ1n) is 9.89. The molecule has 0 unspecified atom stereocenters. The van der Waals surface area contributed by atoms with E-state index in [1.807, 2.05) is 23.6 Å². The molecule has 3 heterocycles. The van der Waals surface area contributed by atoms with E-state index in [4.69, 9.17) is 4.74 Å². The number of ether oxygens (including phenoxy) is 1. The third kappa shape index (κ3) is 4.45. The van der Waals surface area contributed by atoms with Gasteiger partial charge in [0.05, 0.1) is 16.3 Å². The number of fused-ring (bicyclic) bond motifs is 1. The molecule has 2 aliphatic rings. The first kappa shape index (κ1) is 19.0. The van der Waals surface area contributed by atoms with E-state index in [9.17, 15) is 8.42 Å². The lowest BCUT2D eigenvalue weighted by atomic mass is 10.2. The molecule has 0 spiro atoms. The molecule has 0 bridgehead atoms. The molecule has 1 aromatic carbocycles. The molecular formula is C21H23N3O3S2. The summed E-state index contributed by atoms with van der Waals surface area (Å²) in [6, 6.07) is 11.7. The molecule has 1 N–H and O–H groups in total. The second kappa shape index (κ2) is 7.68. The molecule has 0 amide bonds. The molecule has 1 saturated heterocycles. The van der Waals surface area contributed by atoms with Gasteiger partial charge in [-0.1, -0.05) is 12.1 Å². The molecule has 1 aliphatic carbocycles. The van der Waals surface area contributed by atoms with Crippen molar-refractivity contribution in [1.82, 2.24) is 14.6 Å². The molecular weight excluding hydrogens is 406 g/mol. The van der Waals surface area contributed by atoms with E-state index >= 15 is 0 Å². The van der Waals surface area contributed by atoms with Gasteiger partial charge in [0.15, 0.2) is 0 Å². The minimum Gasteiger partial charge on any atom is -0.490 e. The normalized spacial score (nSPS) is 20.3. The minimum absolute atomic E-state index is 0.0866. The van der Waals surface area contributed by atoms with Crippen LogP contribution in [0.25, 0.3) is 10.2 Å². The maximum absolute atomic E-state index is 12.8. The van der Waals surface area contributed by atoms with Crippen molar-refractivity contribution in [3.8, 4) is 5.75 Å². The van der Waals surface area contributed by atoms with Gasteiger partial charge in [0.25, 0.3) is 0 Å². The number of pyridine rings is 1. The fraction of sp³-hybridized carbons (Fsp3) is 0.381. The Hall–Kier alpha value is -2.00. The average molecular weight is 430 g/mol. The summed E-state index contributed by atoms with van der Waals surface area (Å²) in [6.45, 7) is 2.38. The van der Waals surface area contributed by atoms with Gasteiger partial charge in [-0.15, -0.1) is 11.3 Å². The van der Waals surface area contributed by atoms with Gasteiger partial charge in [-0.2, -0.15) is 0 Å². The standard InChI is InChI=1S/C21H23N3O3S2/c25-29(26,19-11-21-20(22-12-19)8-10-28-21)23-16-7-9-24(14-16)13-15-1-3-17(4-2-15)27-18-5-6-18/h1-4,8,10-12,16,18,23H,5-7,9,13-14H2/t16-/m1/s1. The second-order valence-corrected chi connectivity index (χ2v) is 10.4. The fourth-order valence-corrected chi connectivity index (χ4v) is 5.73. The molecule has 6 nitrogen and oxygen atoms in total. The van der Waals surface area contributed by atoms with Gasteiger partial charge in [-0.25, -0.2) is 13.1 Å². The number of nitrogens with one attached hydrogen (secondary N) is 1. The zero-order valence-corrected chi connectivity index (χ0v) is 17.6. The topological polar surface area (TPSA) is 71.5 Å². The zero-order valence-electron chi connectivity index (χ0n) is 16.0. The second-order valence-electron chi connectivity index (χ2n) is 7.78. The summed E-state index contributed by atoms with van der Waals surface area (Å²) < 4.78 is 35.1. The van der Waals surface area contributed by atoms with Crippen LogP contribution in [-0.4, -0.2) is 43.5 Å². The lowest BCUT2D eigenvalue weighted by Crippen LogP contribution is -2.37. The Kier molecular flexibility index (Phi) is 5.03. The third-order valence-electron chi connectivity index (χ3n) is 5.34. The third-order valence-corrected chi connectivity index (χ3v) is 7.68. The molecule has 29 heavy (non-hydrogen) atoms. The smallest absolute Gasteiger partial charge is 0.242 e. The van der Waals surface area contributed by atoms with Crippen LogP contribution >= 0.6 is 11.3 Å². The quantitative estimate of drug-likeness (QED) is 0.623. The largest absolute Gasteiger partial charge is 0.490 e. The van der Waals surface area contributed by atoms with Crippen LogP contribution in [0.4, 0.5) is 0 Å². The molecule has 0 radical (unpaired) electrons. The van der Waals surface area contributed by atoms with Crippen LogP contribution in [0.5, 0.6) is 5.75 Å². The number of rotatable bonds is 7. The van der Waals surface area contributed by atoms with Gasteiger partial charge in [-0.3, -0.25) is 9.88 Å². The fourth-order valence-electron chi connectivity index (χ4n) is 3.65. The van der Waals surface area contributed by atoms with Crippen LogP contribution in [0.3, 0.4) is 0 Å². The van der Waals surface area contributed by atoms with Crippen molar-refractivity contribution in [3.05, 3.63) is 53.5 Å². The van der Waals surface area contributed by atoms with Gasteiger partial charge >= 0.3 is 0 Å². The number of likely N-dealkylation sites (tertiary alicyclic amines) is 1. The minimum atomic E-state index is -3.57. The Balaban J connectivity index is 1.19. The molecule has 1 atom stereocenters. The summed E-state index contributed by atoms with van der Waals surface area (Å²) in [4.78, 5) is 6.77. The summed E-state index contributed by atoms with van der Waals surface area (Å²) in [6.07, 6.45) is 4.96. The monoisotopic (exact) mass is 429 g/mol. The van der Waals surface area contributed by atoms with Crippen molar-refractivity contribution in [3.63, 3.8) is 0 Å². The van der Waals surface area contributed by atoms with Crippen LogP contribution in [-0.2, 0) is 16.6 Å². The maximum Gasteiger partial charge on any atom is 0.242 e. The number of hydrogen-bond acceptors (Lipinski definition) is 6. The Morgan fingerprint density at radius 1 is 1.17 bits per heavy atom. The lowest BCUT2D eigenvalue weighted by molar-refractivity contribution is 0.302. The molecule has 1 saturated carbocycles. The molecule has 3 aromatic rings. The van der Waals surface area contributed by atoms with E-state index in [1.54, 1.807) is 6.07 Å².